The summed E-state index contributed by atoms with van der Waals surface area (Å²) in [5.74, 6) is -0.350. The summed E-state index contributed by atoms with van der Waals surface area (Å²) in [6.07, 6.45) is -4.53. The summed E-state index contributed by atoms with van der Waals surface area (Å²) in [5.41, 5.74) is 0. The third kappa shape index (κ3) is 10.9. The summed E-state index contributed by atoms with van der Waals surface area (Å²) in [4.78, 5) is 0. The maximum atomic E-state index is 11.8. The predicted octanol–water partition coefficient (Wildman–Crippen LogP) is 0.972. The number of sulfonamides is 1. The number of thioether (sulfide) groups is 1. The Labute approximate surface area is 103 Å². The minimum atomic E-state index is -4.49. The summed E-state index contributed by atoms with van der Waals surface area (Å²) < 4.78 is 59.6. The summed E-state index contributed by atoms with van der Waals surface area (Å²) >= 11 is 1.49. The molecule has 17 heavy (non-hydrogen) atoms. The molecule has 0 saturated heterocycles. The van der Waals surface area contributed by atoms with Gasteiger partial charge in [-0.1, -0.05) is 0 Å². The van der Waals surface area contributed by atoms with Crippen LogP contribution in [0.4, 0.5) is 13.2 Å². The van der Waals surface area contributed by atoms with E-state index < -0.39 is 34.5 Å². The lowest BCUT2D eigenvalue weighted by Gasteiger charge is -2.12. The predicted molar refractivity (Wildman–Crippen MR) is 61.5 cm³/mol. The summed E-state index contributed by atoms with van der Waals surface area (Å²) in [6, 6.07) is 0. The monoisotopic (exact) mass is 295 g/mol. The van der Waals surface area contributed by atoms with Gasteiger partial charge in [0, 0.05) is 6.54 Å². The third-order valence-corrected chi connectivity index (χ3v) is 3.84. The minimum Gasteiger partial charge on any atom is -0.392 e. The smallest absolute Gasteiger partial charge is 0.390 e. The molecule has 0 heterocycles. The average Bonchev–Trinajstić information content (AvgIpc) is 2.20. The lowest BCUT2D eigenvalue weighted by molar-refractivity contribution is -0.129. The Morgan fingerprint density at radius 2 is 2.00 bits per heavy atom. The number of rotatable bonds is 8. The molecule has 0 fully saturated rings. The molecule has 0 saturated carbocycles. The first-order valence-electron chi connectivity index (χ1n) is 4.87. The zero-order chi connectivity index (χ0) is 13.5. The fourth-order valence-corrected chi connectivity index (χ4v) is 2.50. The zero-order valence-electron chi connectivity index (χ0n) is 9.33. The van der Waals surface area contributed by atoms with Crippen molar-refractivity contribution in [3.8, 4) is 0 Å². The molecule has 0 aliphatic rings. The molecule has 0 spiro atoms. The van der Waals surface area contributed by atoms with Crippen molar-refractivity contribution < 1.29 is 26.7 Å². The van der Waals surface area contributed by atoms with E-state index in [1.165, 1.54) is 11.8 Å². The first-order valence-corrected chi connectivity index (χ1v) is 7.92. The molecule has 0 rings (SSSR count). The standard InChI is InChI=1S/C8H16F3NO3S2/c1-16-4-2-7(13)6-12-17(14,15)5-3-8(9,10)11/h7,12-13H,2-6H2,1H3. The van der Waals surface area contributed by atoms with Crippen molar-refractivity contribution in [1.29, 1.82) is 0 Å². The van der Waals surface area contributed by atoms with E-state index in [-0.39, 0.29) is 6.54 Å². The largest absolute Gasteiger partial charge is 0.392 e. The van der Waals surface area contributed by atoms with Crippen LogP contribution in [0.3, 0.4) is 0 Å². The first kappa shape index (κ1) is 17.0. The van der Waals surface area contributed by atoms with Crippen LogP contribution < -0.4 is 4.72 Å². The molecule has 0 bridgehead atoms. The van der Waals surface area contributed by atoms with Gasteiger partial charge in [-0.05, 0) is 18.4 Å². The van der Waals surface area contributed by atoms with Gasteiger partial charge < -0.3 is 5.11 Å². The van der Waals surface area contributed by atoms with Crippen LogP contribution in [-0.4, -0.2) is 50.1 Å². The second-order valence-electron chi connectivity index (χ2n) is 3.47. The van der Waals surface area contributed by atoms with Crippen LogP contribution in [0.5, 0.6) is 0 Å². The Balaban J connectivity index is 3.93. The van der Waals surface area contributed by atoms with Crippen molar-refractivity contribution in [2.45, 2.75) is 25.1 Å². The maximum Gasteiger partial charge on any atom is 0.390 e. The van der Waals surface area contributed by atoms with Crippen LogP contribution in [0, 0.1) is 0 Å². The first-order chi connectivity index (χ1) is 7.66. The van der Waals surface area contributed by atoms with Gasteiger partial charge in [0.15, 0.2) is 0 Å². The van der Waals surface area contributed by atoms with Gasteiger partial charge in [-0.2, -0.15) is 24.9 Å². The molecular weight excluding hydrogens is 279 g/mol. The number of aliphatic hydroxyl groups is 1. The second-order valence-corrected chi connectivity index (χ2v) is 6.38. The molecule has 0 aromatic carbocycles. The second kappa shape index (κ2) is 7.45. The Morgan fingerprint density at radius 1 is 1.41 bits per heavy atom. The SMILES string of the molecule is CSCCC(O)CNS(=O)(=O)CCC(F)(F)F. The van der Waals surface area contributed by atoms with Crippen molar-refractivity contribution in [2.75, 3.05) is 24.3 Å². The van der Waals surface area contributed by atoms with Gasteiger partial charge in [0.1, 0.15) is 0 Å². The third-order valence-electron chi connectivity index (χ3n) is 1.85. The molecule has 1 atom stereocenters. The molecule has 0 aromatic rings. The normalized spacial score (nSPS) is 14.9. The van der Waals surface area contributed by atoms with Crippen LogP contribution in [0.2, 0.25) is 0 Å². The minimum absolute atomic E-state index is 0.249. The van der Waals surface area contributed by atoms with Crippen LogP contribution in [0.25, 0.3) is 0 Å². The molecule has 4 nitrogen and oxygen atoms in total. The molecule has 9 heteroatoms. The van der Waals surface area contributed by atoms with E-state index in [2.05, 4.69) is 0 Å². The topological polar surface area (TPSA) is 66.4 Å². The maximum absolute atomic E-state index is 11.8. The van der Waals surface area contributed by atoms with E-state index in [1.54, 1.807) is 0 Å². The number of aliphatic hydroxyl groups excluding tert-OH is 1. The summed E-state index contributed by atoms with van der Waals surface area (Å²) in [7, 11) is -3.97. The van der Waals surface area contributed by atoms with Crippen molar-refractivity contribution in [1.82, 2.24) is 4.72 Å². The van der Waals surface area contributed by atoms with Crippen LogP contribution >= 0.6 is 11.8 Å². The van der Waals surface area contributed by atoms with E-state index in [4.69, 9.17) is 0 Å². The van der Waals surface area contributed by atoms with Crippen molar-refractivity contribution in [3.63, 3.8) is 0 Å². The number of hydrogen-bond donors (Lipinski definition) is 2. The fraction of sp³-hybridized carbons (Fsp3) is 1.00. The number of hydrogen-bond acceptors (Lipinski definition) is 4. The number of nitrogens with one attached hydrogen (secondary N) is 1. The van der Waals surface area contributed by atoms with Gasteiger partial charge in [-0.3, -0.25) is 0 Å². The Bertz CT molecular complexity index is 306. The van der Waals surface area contributed by atoms with Crippen LogP contribution in [0.1, 0.15) is 12.8 Å². The number of alkyl halides is 3. The van der Waals surface area contributed by atoms with Crippen LogP contribution in [0.15, 0.2) is 0 Å². The molecule has 2 N–H and O–H groups in total. The molecule has 0 radical (unpaired) electrons. The molecule has 0 amide bonds. The summed E-state index contributed by atoms with van der Waals surface area (Å²) in [5, 5.41) is 9.31. The van der Waals surface area contributed by atoms with E-state index in [0.717, 1.165) is 0 Å². The van der Waals surface area contributed by atoms with E-state index >= 15 is 0 Å². The van der Waals surface area contributed by atoms with Gasteiger partial charge >= 0.3 is 6.18 Å². The van der Waals surface area contributed by atoms with Gasteiger partial charge in [0.2, 0.25) is 10.0 Å². The van der Waals surface area contributed by atoms with E-state index in [1.807, 2.05) is 11.0 Å². The molecule has 1 unspecified atom stereocenters. The van der Waals surface area contributed by atoms with Crippen molar-refractivity contribution in [3.05, 3.63) is 0 Å². The lowest BCUT2D eigenvalue weighted by Crippen LogP contribution is -2.35. The highest BCUT2D eigenvalue weighted by Crippen LogP contribution is 2.19. The van der Waals surface area contributed by atoms with Gasteiger partial charge in [0.25, 0.3) is 0 Å². The lowest BCUT2D eigenvalue weighted by atomic mass is 10.3. The fourth-order valence-electron chi connectivity index (χ4n) is 0.901. The Morgan fingerprint density at radius 3 is 2.47 bits per heavy atom. The average molecular weight is 295 g/mol. The number of halogens is 3. The van der Waals surface area contributed by atoms with Gasteiger partial charge in [-0.25, -0.2) is 13.1 Å². The quantitative estimate of drug-likeness (QED) is 0.700. The Kier molecular flexibility index (Phi) is 7.45. The molecule has 0 aliphatic heterocycles. The molecule has 0 aliphatic carbocycles. The highest BCUT2D eigenvalue weighted by molar-refractivity contribution is 7.98. The van der Waals surface area contributed by atoms with Crippen molar-refractivity contribution >= 4 is 21.8 Å². The molecule has 104 valence electrons. The summed E-state index contributed by atoms with van der Waals surface area (Å²) in [6.45, 7) is -0.249. The molecular formula is C8H16F3NO3S2. The Hall–Kier alpha value is 0.01000. The van der Waals surface area contributed by atoms with Crippen molar-refractivity contribution in [2.24, 2.45) is 0 Å². The zero-order valence-corrected chi connectivity index (χ0v) is 11.0. The highest BCUT2D eigenvalue weighted by atomic mass is 32.2. The highest BCUT2D eigenvalue weighted by Gasteiger charge is 2.29. The van der Waals surface area contributed by atoms with Gasteiger partial charge in [-0.15, -0.1) is 0 Å². The van der Waals surface area contributed by atoms with E-state index in [9.17, 15) is 26.7 Å². The van der Waals surface area contributed by atoms with E-state index in [0.29, 0.717) is 12.2 Å². The van der Waals surface area contributed by atoms with Crippen LogP contribution in [-0.2, 0) is 10.0 Å². The van der Waals surface area contributed by atoms with Gasteiger partial charge in [0.05, 0.1) is 18.3 Å². The molecule has 0 aromatic heterocycles.